The van der Waals surface area contributed by atoms with Crippen molar-refractivity contribution in [1.29, 1.82) is 0 Å². The Balaban J connectivity index is 2.10. The van der Waals surface area contributed by atoms with Gasteiger partial charge in [0.25, 0.3) is 5.91 Å². The molecule has 2 rings (SSSR count). The van der Waals surface area contributed by atoms with Crippen LogP contribution in [0.4, 0.5) is 0 Å². The fraction of sp³-hybridized carbons (Fsp3) is 0.263. The van der Waals surface area contributed by atoms with Crippen LogP contribution in [-0.2, 0) is 9.59 Å². The van der Waals surface area contributed by atoms with Crippen molar-refractivity contribution >= 4 is 35.1 Å². The molecule has 2 aromatic carbocycles. The Bertz CT molecular complexity index is 858. The van der Waals surface area contributed by atoms with Gasteiger partial charge in [-0.2, -0.15) is 0 Å². The largest absolute Gasteiger partial charge is 0.493 e. The summed E-state index contributed by atoms with van der Waals surface area (Å²) in [5, 5.41) is 12.5. The number of benzene rings is 2. The number of rotatable bonds is 9. The molecule has 1 amide bonds. The Morgan fingerprint density at radius 1 is 1.04 bits per heavy atom. The summed E-state index contributed by atoms with van der Waals surface area (Å²) < 4.78 is 15.8. The van der Waals surface area contributed by atoms with Gasteiger partial charge in [-0.15, -0.1) is 0 Å². The third-order valence-electron chi connectivity index (χ3n) is 3.78. The van der Waals surface area contributed by atoms with E-state index in [0.29, 0.717) is 27.8 Å². The zero-order chi connectivity index (χ0) is 20.7. The molecular weight excluding hydrogens is 409 g/mol. The quantitative estimate of drug-likeness (QED) is 0.633. The first kappa shape index (κ1) is 21.7. The monoisotopic (exact) mass is 427 g/mol. The molecule has 0 spiro atoms. The number of methoxy groups -OCH3 is 2. The second-order valence-electron chi connectivity index (χ2n) is 5.70. The number of amides is 1. The van der Waals surface area contributed by atoms with E-state index in [2.05, 4.69) is 5.32 Å². The molecule has 0 saturated heterocycles. The molecule has 0 saturated carbocycles. The van der Waals surface area contributed by atoms with Gasteiger partial charge < -0.3 is 24.6 Å². The maximum Gasteiger partial charge on any atom is 0.305 e. The van der Waals surface area contributed by atoms with Crippen molar-refractivity contribution in [3.63, 3.8) is 0 Å². The zero-order valence-corrected chi connectivity index (χ0v) is 16.7. The van der Waals surface area contributed by atoms with Gasteiger partial charge in [0.2, 0.25) is 0 Å². The molecule has 28 heavy (non-hydrogen) atoms. The first-order chi connectivity index (χ1) is 13.3. The zero-order valence-electron chi connectivity index (χ0n) is 15.2. The third kappa shape index (κ3) is 5.94. The Hall–Kier alpha value is -2.64. The average Bonchev–Trinajstić information content (AvgIpc) is 2.65. The summed E-state index contributed by atoms with van der Waals surface area (Å²) in [6, 6.07) is 8.75. The van der Waals surface area contributed by atoms with E-state index >= 15 is 0 Å². The van der Waals surface area contributed by atoms with Crippen LogP contribution >= 0.6 is 23.2 Å². The normalized spacial score (nSPS) is 11.4. The molecule has 0 radical (unpaired) electrons. The molecule has 2 aromatic rings. The molecule has 2 N–H and O–H groups in total. The van der Waals surface area contributed by atoms with Gasteiger partial charge in [-0.05, 0) is 35.9 Å². The molecule has 0 aliphatic rings. The van der Waals surface area contributed by atoms with E-state index in [-0.39, 0.29) is 18.1 Å². The minimum atomic E-state index is -1.07. The molecule has 150 valence electrons. The Kier molecular flexibility index (Phi) is 7.78. The SMILES string of the molecule is COc1ccc([C@H](CC(=O)O)NC(=O)COc2ccc(Cl)cc2Cl)cc1OC. The van der Waals surface area contributed by atoms with Crippen LogP contribution in [0.25, 0.3) is 0 Å². The number of ether oxygens (including phenoxy) is 3. The Morgan fingerprint density at radius 2 is 1.71 bits per heavy atom. The highest BCUT2D eigenvalue weighted by molar-refractivity contribution is 6.35. The molecule has 0 unspecified atom stereocenters. The van der Waals surface area contributed by atoms with Crippen molar-refractivity contribution in [3.8, 4) is 17.2 Å². The first-order valence-electron chi connectivity index (χ1n) is 8.15. The molecular formula is C19H19Cl2NO6. The molecule has 9 heteroatoms. The molecule has 0 aliphatic carbocycles. The van der Waals surface area contributed by atoms with Gasteiger partial charge in [0, 0.05) is 5.02 Å². The lowest BCUT2D eigenvalue weighted by Crippen LogP contribution is -2.33. The molecule has 0 heterocycles. The van der Waals surface area contributed by atoms with Gasteiger partial charge in [-0.25, -0.2) is 0 Å². The summed E-state index contributed by atoms with van der Waals surface area (Å²) in [7, 11) is 2.96. The fourth-order valence-electron chi connectivity index (χ4n) is 2.47. The fourth-order valence-corrected chi connectivity index (χ4v) is 2.93. The van der Waals surface area contributed by atoms with Crippen molar-refractivity contribution in [3.05, 3.63) is 52.0 Å². The molecule has 0 aliphatic heterocycles. The molecule has 0 aromatic heterocycles. The summed E-state index contributed by atoms with van der Waals surface area (Å²) in [5.74, 6) is -0.364. The molecule has 1 atom stereocenters. The first-order valence-corrected chi connectivity index (χ1v) is 8.90. The van der Waals surface area contributed by atoms with Crippen molar-refractivity contribution in [1.82, 2.24) is 5.32 Å². The second kappa shape index (κ2) is 10.1. The highest BCUT2D eigenvalue weighted by Crippen LogP contribution is 2.31. The summed E-state index contributed by atoms with van der Waals surface area (Å²) in [6.07, 6.45) is -0.317. The summed E-state index contributed by atoms with van der Waals surface area (Å²) in [4.78, 5) is 23.5. The van der Waals surface area contributed by atoms with E-state index in [1.807, 2.05) is 0 Å². The maximum absolute atomic E-state index is 12.3. The lowest BCUT2D eigenvalue weighted by molar-refractivity contribution is -0.137. The van der Waals surface area contributed by atoms with Crippen molar-refractivity contribution in [2.75, 3.05) is 20.8 Å². The number of carbonyl (C=O) groups is 2. The summed E-state index contributed by atoms with van der Waals surface area (Å²) in [6.45, 7) is -0.342. The molecule has 0 fully saturated rings. The van der Waals surface area contributed by atoms with Crippen molar-refractivity contribution in [2.24, 2.45) is 0 Å². The summed E-state index contributed by atoms with van der Waals surface area (Å²) in [5.41, 5.74) is 0.554. The Labute approximate surface area is 172 Å². The average molecular weight is 428 g/mol. The van der Waals surface area contributed by atoms with E-state index in [1.165, 1.54) is 20.3 Å². The van der Waals surface area contributed by atoms with Gasteiger partial charge in [-0.1, -0.05) is 29.3 Å². The minimum absolute atomic E-state index is 0.266. The number of hydrogen-bond donors (Lipinski definition) is 2. The van der Waals surface area contributed by atoms with E-state index < -0.39 is 17.9 Å². The van der Waals surface area contributed by atoms with Crippen LogP contribution in [0.15, 0.2) is 36.4 Å². The molecule has 0 bridgehead atoms. The lowest BCUT2D eigenvalue weighted by atomic mass is 10.0. The van der Waals surface area contributed by atoms with Crippen LogP contribution < -0.4 is 19.5 Å². The van der Waals surface area contributed by atoms with Gasteiger partial charge >= 0.3 is 5.97 Å². The topological polar surface area (TPSA) is 94.1 Å². The highest BCUT2D eigenvalue weighted by atomic mass is 35.5. The third-order valence-corrected chi connectivity index (χ3v) is 4.31. The predicted molar refractivity (Wildman–Crippen MR) is 105 cm³/mol. The van der Waals surface area contributed by atoms with Crippen LogP contribution in [0.1, 0.15) is 18.0 Å². The van der Waals surface area contributed by atoms with Crippen LogP contribution in [0.3, 0.4) is 0 Å². The number of hydrogen-bond acceptors (Lipinski definition) is 5. The smallest absolute Gasteiger partial charge is 0.305 e. The molecule has 7 nitrogen and oxygen atoms in total. The van der Waals surface area contributed by atoms with Gasteiger partial charge in [-0.3, -0.25) is 9.59 Å². The van der Waals surface area contributed by atoms with E-state index in [0.717, 1.165) is 0 Å². The second-order valence-corrected chi connectivity index (χ2v) is 6.54. The summed E-state index contributed by atoms with van der Waals surface area (Å²) >= 11 is 11.8. The number of carboxylic acids is 1. The number of carboxylic acid groups (broad SMARTS) is 1. The lowest BCUT2D eigenvalue weighted by Gasteiger charge is -2.19. The minimum Gasteiger partial charge on any atom is -0.493 e. The maximum atomic E-state index is 12.3. The number of carbonyl (C=O) groups excluding carboxylic acids is 1. The van der Waals surface area contributed by atoms with Crippen LogP contribution in [-0.4, -0.2) is 37.8 Å². The van der Waals surface area contributed by atoms with E-state index in [1.54, 1.807) is 30.3 Å². The van der Waals surface area contributed by atoms with Gasteiger partial charge in [0.15, 0.2) is 18.1 Å². The number of halogens is 2. The van der Waals surface area contributed by atoms with E-state index in [9.17, 15) is 14.7 Å². The standard InChI is InChI=1S/C19H19Cl2NO6/c1-26-16-5-3-11(7-17(16)27-2)14(9-19(24)25)22-18(23)10-28-15-6-4-12(20)8-13(15)21/h3-8,14H,9-10H2,1-2H3,(H,22,23)(H,24,25)/t14-/m0/s1. The number of nitrogens with one attached hydrogen (secondary N) is 1. The van der Waals surface area contributed by atoms with Crippen LogP contribution in [0.5, 0.6) is 17.2 Å². The van der Waals surface area contributed by atoms with Gasteiger partial charge in [0.05, 0.1) is 31.7 Å². The number of aliphatic carboxylic acids is 1. The van der Waals surface area contributed by atoms with Gasteiger partial charge in [0.1, 0.15) is 5.75 Å². The van der Waals surface area contributed by atoms with Crippen molar-refractivity contribution < 1.29 is 28.9 Å². The van der Waals surface area contributed by atoms with Crippen LogP contribution in [0, 0.1) is 0 Å². The highest BCUT2D eigenvalue weighted by Gasteiger charge is 2.20. The predicted octanol–water partition coefficient (Wildman–Crippen LogP) is 3.72. The Morgan fingerprint density at radius 3 is 2.32 bits per heavy atom. The van der Waals surface area contributed by atoms with E-state index in [4.69, 9.17) is 37.4 Å². The van der Waals surface area contributed by atoms with Crippen molar-refractivity contribution in [2.45, 2.75) is 12.5 Å². The van der Waals surface area contributed by atoms with Crippen LogP contribution in [0.2, 0.25) is 10.0 Å².